The van der Waals surface area contributed by atoms with E-state index >= 15 is 0 Å². The van der Waals surface area contributed by atoms with Gasteiger partial charge in [-0.15, -0.1) is 0 Å². The van der Waals surface area contributed by atoms with Gasteiger partial charge in [-0.05, 0) is 18.2 Å². The topological polar surface area (TPSA) is 71.5 Å². The van der Waals surface area contributed by atoms with Crippen LogP contribution in [0.15, 0.2) is 42.6 Å². The summed E-state index contributed by atoms with van der Waals surface area (Å²) >= 11 is 0. The van der Waals surface area contributed by atoms with E-state index in [0.717, 1.165) is 6.20 Å². The van der Waals surface area contributed by atoms with Crippen molar-refractivity contribution >= 4 is 11.6 Å². The first-order valence-electron chi connectivity index (χ1n) is 6.10. The lowest BCUT2D eigenvalue weighted by Crippen LogP contribution is -2.19. The number of phenolic OH excluding ortho intramolecular Hbond substituents is 1. The van der Waals surface area contributed by atoms with Crippen LogP contribution < -0.4 is 10.1 Å². The fourth-order valence-electron chi connectivity index (χ4n) is 1.56. The van der Waals surface area contributed by atoms with Gasteiger partial charge in [0.25, 0.3) is 5.91 Å². The predicted molar refractivity (Wildman–Crippen MR) is 71.8 cm³/mol. The Balaban J connectivity index is 1.99. The molecule has 0 unspecified atom stereocenters. The zero-order chi connectivity index (χ0) is 16.2. The van der Waals surface area contributed by atoms with Crippen molar-refractivity contribution in [3.63, 3.8) is 0 Å². The minimum Gasteiger partial charge on any atom is -0.507 e. The number of amides is 1. The Kier molecular flexibility index (Phi) is 4.50. The number of carbonyl (C=O) groups excluding carboxylic acids is 1. The molecule has 0 bridgehead atoms. The molecule has 2 N–H and O–H groups in total. The number of rotatable bonds is 4. The van der Waals surface area contributed by atoms with Crippen LogP contribution in [0, 0.1) is 0 Å². The smallest absolute Gasteiger partial charge is 0.422 e. The van der Waals surface area contributed by atoms with Gasteiger partial charge in [-0.25, -0.2) is 4.98 Å². The molecule has 2 aromatic rings. The first-order valence-corrected chi connectivity index (χ1v) is 6.10. The summed E-state index contributed by atoms with van der Waals surface area (Å²) in [6.07, 6.45) is -3.29. The Bertz CT molecular complexity index is 657. The fourth-order valence-corrected chi connectivity index (χ4v) is 1.56. The van der Waals surface area contributed by atoms with Crippen LogP contribution in [-0.2, 0) is 0 Å². The Morgan fingerprint density at radius 1 is 1.23 bits per heavy atom. The minimum absolute atomic E-state index is 0.0693. The summed E-state index contributed by atoms with van der Waals surface area (Å²) in [6, 6.07) is 8.49. The first-order chi connectivity index (χ1) is 10.3. The normalized spacial score (nSPS) is 11.0. The molecule has 0 aliphatic rings. The van der Waals surface area contributed by atoms with Crippen molar-refractivity contribution < 1.29 is 27.8 Å². The maximum absolute atomic E-state index is 12.0. The summed E-state index contributed by atoms with van der Waals surface area (Å²) in [4.78, 5) is 15.5. The number of alkyl halides is 3. The number of para-hydroxylation sites is 1. The number of hydrogen-bond acceptors (Lipinski definition) is 4. The van der Waals surface area contributed by atoms with Gasteiger partial charge in [0.1, 0.15) is 5.75 Å². The third-order valence-corrected chi connectivity index (χ3v) is 2.53. The van der Waals surface area contributed by atoms with Gasteiger partial charge in [-0.1, -0.05) is 12.1 Å². The van der Waals surface area contributed by atoms with Gasteiger partial charge in [0.2, 0.25) is 5.88 Å². The van der Waals surface area contributed by atoms with Gasteiger partial charge < -0.3 is 15.2 Å². The van der Waals surface area contributed by atoms with Crippen LogP contribution in [0.3, 0.4) is 0 Å². The molecule has 8 heteroatoms. The van der Waals surface area contributed by atoms with Crippen molar-refractivity contribution in [2.75, 3.05) is 11.9 Å². The molecule has 1 heterocycles. The number of pyridine rings is 1. The second kappa shape index (κ2) is 6.33. The van der Waals surface area contributed by atoms with Crippen molar-refractivity contribution in [3.8, 4) is 11.6 Å². The Morgan fingerprint density at radius 2 is 1.95 bits per heavy atom. The van der Waals surface area contributed by atoms with E-state index in [9.17, 15) is 23.1 Å². The van der Waals surface area contributed by atoms with Crippen LogP contribution in [0.5, 0.6) is 11.6 Å². The summed E-state index contributed by atoms with van der Waals surface area (Å²) in [5.74, 6) is -0.958. The quantitative estimate of drug-likeness (QED) is 0.910. The van der Waals surface area contributed by atoms with Crippen LogP contribution in [0.1, 0.15) is 10.4 Å². The molecule has 1 aromatic heterocycles. The van der Waals surface area contributed by atoms with Gasteiger partial charge in [0.05, 0.1) is 17.4 Å². The SMILES string of the molecule is O=C(Nc1ccc(OCC(F)(F)F)nc1)c1ccccc1O. The van der Waals surface area contributed by atoms with Crippen molar-refractivity contribution in [3.05, 3.63) is 48.2 Å². The van der Waals surface area contributed by atoms with Crippen LogP contribution in [0.2, 0.25) is 0 Å². The van der Waals surface area contributed by atoms with Crippen molar-refractivity contribution in [1.82, 2.24) is 4.98 Å². The number of aromatic hydroxyl groups is 1. The monoisotopic (exact) mass is 312 g/mol. The van der Waals surface area contributed by atoms with E-state index in [1.807, 2.05) is 0 Å². The third-order valence-electron chi connectivity index (χ3n) is 2.53. The third kappa shape index (κ3) is 4.37. The maximum atomic E-state index is 12.0. The van der Waals surface area contributed by atoms with Crippen molar-refractivity contribution in [1.29, 1.82) is 0 Å². The van der Waals surface area contributed by atoms with E-state index in [2.05, 4.69) is 15.0 Å². The predicted octanol–water partition coefficient (Wildman–Crippen LogP) is 2.98. The van der Waals surface area contributed by atoms with E-state index < -0.39 is 18.7 Å². The zero-order valence-electron chi connectivity index (χ0n) is 11.1. The van der Waals surface area contributed by atoms with Gasteiger partial charge in [0.15, 0.2) is 6.61 Å². The Morgan fingerprint density at radius 3 is 2.55 bits per heavy atom. The number of anilines is 1. The lowest BCUT2D eigenvalue weighted by atomic mass is 10.2. The lowest BCUT2D eigenvalue weighted by molar-refractivity contribution is -0.154. The molecule has 0 fully saturated rings. The molecule has 0 atom stereocenters. The molecule has 2 rings (SSSR count). The van der Waals surface area contributed by atoms with E-state index in [-0.39, 0.29) is 22.9 Å². The maximum Gasteiger partial charge on any atom is 0.422 e. The first kappa shape index (κ1) is 15.6. The van der Waals surface area contributed by atoms with Crippen molar-refractivity contribution in [2.24, 2.45) is 0 Å². The van der Waals surface area contributed by atoms with E-state index in [4.69, 9.17) is 0 Å². The summed E-state index contributed by atoms with van der Waals surface area (Å²) in [7, 11) is 0. The molecular formula is C14H11F3N2O3. The standard InChI is InChI=1S/C14H11F3N2O3/c15-14(16,17)8-22-12-6-5-9(7-18-12)19-13(21)10-3-1-2-4-11(10)20/h1-7,20H,8H2,(H,19,21). The second-order valence-corrected chi connectivity index (χ2v) is 4.26. The van der Waals surface area contributed by atoms with Gasteiger partial charge in [-0.3, -0.25) is 4.79 Å². The van der Waals surface area contributed by atoms with Crippen LogP contribution in [0.25, 0.3) is 0 Å². The number of nitrogens with zero attached hydrogens (tertiary/aromatic N) is 1. The van der Waals surface area contributed by atoms with Crippen LogP contribution >= 0.6 is 0 Å². The van der Waals surface area contributed by atoms with Gasteiger partial charge in [-0.2, -0.15) is 13.2 Å². The second-order valence-electron chi connectivity index (χ2n) is 4.26. The van der Waals surface area contributed by atoms with E-state index in [1.165, 1.54) is 24.3 Å². The number of ether oxygens (including phenoxy) is 1. The van der Waals surface area contributed by atoms with E-state index in [0.29, 0.717) is 0 Å². The largest absolute Gasteiger partial charge is 0.507 e. The molecule has 0 aliphatic carbocycles. The molecule has 5 nitrogen and oxygen atoms in total. The van der Waals surface area contributed by atoms with Gasteiger partial charge in [0, 0.05) is 6.07 Å². The molecule has 0 saturated heterocycles. The molecule has 0 saturated carbocycles. The van der Waals surface area contributed by atoms with E-state index in [1.54, 1.807) is 12.1 Å². The average molecular weight is 312 g/mol. The molecule has 22 heavy (non-hydrogen) atoms. The average Bonchev–Trinajstić information content (AvgIpc) is 2.46. The molecule has 1 aromatic carbocycles. The molecule has 0 spiro atoms. The summed E-state index contributed by atoms with van der Waals surface area (Å²) < 4.78 is 40.4. The Labute approximate surface area is 123 Å². The van der Waals surface area contributed by atoms with Crippen molar-refractivity contribution in [2.45, 2.75) is 6.18 Å². The van der Waals surface area contributed by atoms with Crippen LogP contribution in [0.4, 0.5) is 18.9 Å². The molecule has 0 radical (unpaired) electrons. The van der Waals surface area contributed by atoms with Crippen LogP contribution in [-0.4, -0.2) is 28.8 Å². The minimum atomic E-state index is -4.45. The number of phenols is 1. The highest BCUT2D eigenvalue weighted by Gasteiger charge is 2.28. The fraction of sp³-hybridized carbons (Fsp3) is 0.143. The number of halogens is 3. The summed E-state index contributed by atoms with van der Waals surface area (Å²) in [6.45, 7) is -1.44. The summed E-state index contributed by atoms with van der Waals surface area (Å²) in [5.41, 5.74) is 0.326. The molecule has 0 aliphatic heterocycles. The summed E-state index contributed by atoms with van der Waals surface area (Å²) in [5, 5.41) is 12.0. The highest BCUT2D eigenvalue weighted by atomic mass is 19.4. The number of aromatic nitrogens is 1. The molecular weight excluding hydrogens is 301 g/mol. The molecule has 116 valence electrons. The number of hydrogen-bond donors (Lipinski definition) is 2. The molecule has 1 amide bonds. The Hall–Kier alpha value is -2.77. The number of benzene rings is 1. The number of nitrogens with one attached hydrogen (secondary N) is 1. The zero-order valence-corrected chi connectivity index (χ0v) is 11.1. The lowest BCUT2D eigenvalue weighted by Gasteiger charge is -2.09. The highest BCUT2D eigenvalue weighted by Crippen LogP contribution is 2.20. The number of carbonyl (C=O) groups is 1. The highest BCUT2D eigenvalue weighted by molar-refractivity contribution is 6.06. The van der Waals surface area contributed by atoms with Gasteiger partial charge >= 0.3 is 6.18 Å².